The number of hydrogen-bond acceptors (Lipinski definition) is 11. The van der Waals surface area contributed by atoms with E-state index in [1.807, 2.05) is 6.92 Å². The molecule has 34 heavy (non-hydrogen) atoms. The summed E-state index contributed by atoms with van der Waals surface area (Å²) in [5.41, 5.74) is 10.5. The predicted octanol–water partition coefficient (Wildman–Crippen LogP) is -2.49. The van der Waals surface area contributed by atoms with E-state index in [0.29, 0.717) is 12.8 Å². The molecule has 3 aliphatic heterocycles. The first kappa shape index (κ1) is 24.2. The van der Waals surface area contributed by atoms with Crippen molar-refractivity contribution in [3.05, 3.63) is 0 Å². The van der Waals surface area contributed by atoms with Gasteiger partial charge in [-0.15, -0.1) is 0 Å². The fourth-order valence-corrected chi connectivity index (χ4v) is 5.65. The van der Waals surface area contributed by atoms with E-state index in [0.717, 1.165) is 37.0 Å². The van der Waals surface area contributed by atoms with E-state index in [1.165, 1.54) is 4.90 Å². The lowest BCUT2D eigenvalue weighted by Crippen LogP contribution is -2.78. The third kappa shape index (κ3) is 3.76. The highest BCUT2D eigenvalue weighted by atomic mass is 16.5. The van der Waals surface area contributed by atoms with Gasteiger partial charge in [0.1, 0.15) is 12.1 Å². The van der Waals surface area contributed by atoms with Crippen LogP contribution in [0.5, 0.6) is 0 Å². The number of guanidine groups is 2. The lowest BCUT2D eigenvalue weighted by molar-refractivity contribution is -0.232. The maximum absolute atomic E-state index is 12.9. The van der Waals surface area contributed by atoms with Crippen molar-refractivity contribution in [3.63, 3.8) is 0 Å². The molecular weight excluding hydrogens is 444 g/mol. The Hall–Kier alpha value is -2.93. The van der Waals surface area contributed by atoms with Crippen LogP contribution in [0.3, 0.4) is 0 Å². The van der Waals surface area contributed by atoms with Crippen LogP contribution in [0.25, 0.3) is 0 Å². The van der Waals surface area contributed by atoms with Gasteiger partial charge in [-0.25, -0.2) is 9.98 Å². The molecule has 1 saturated heterocycles. The van der Waals surface area contributed by atoms with Crippen LogP contribution in [-0.2, 0) is 14.4 Å². The van der Waals surface area contributed by atoms with Crippen LogP contribution in [-0.4, -0.2) is 92.8 Å². The molecule has 4 aliphatic rings. The zero-order valence-electron chi connectivity index (χ0n) is 19.3. The molecule has 8 N–H and O–H groups in total. The molecule has 2 fully saturated rings. The molecule has 3 heterocycles. The van der Waals surface area contributed by atoms with E-state index in [-0.39, 0.29) is 49.2 Å². The van der Waals surface area contributed by atoms with Crippen LogP contribution >= 0.6 is 0 Å². The molecule has 3 amide bonds. The van der Waals surface area contributed by atoms with E-state index in [2.05, 4.69) is 20.6 Å². The highest BCUT2D eigenvalue weighted by Crippen LogP contribution is 2.45. The Morgan fingerprint density at radius 3 is 2.62 bits per heavy atom. The van der Waals surface area contributed by atoms with Crippen LogP contribution in [0, 0.1) is 5.92 Å². The molecule has 0 radical (unpaired) electrons. The molecule has 1 saturated carbocycles. The average molecular weight is 479 g/mol. The van der Waals surface area contributed by atoms with Gasteiger partial charge in [0.15, 0.2) is 17.6 Å². The first-order valence-electron chi connectivity index (χ1n) is 11.9. The van der Waals surface area contributed by atoms with Gasteiger partial charge in [-0.3, -0.25) is 19.3 Å². The van der Waals surface area contributed by atoms with Gasteiger partial charge in [-0.05, 0) is 19.3 Å². The number of carbonyl (C=O) groups is 3. The molecule has 1 aliphatic carbocycles. The normalized spacial score (nSPS) is 32.1. The quantitative estimate of drug-likeness (QED) is 0.169. The molecule has 1 spiro atoms. The minimum Gasteiger partial charge on any atom is -0.370 e. The Morgan fingerprint density at radius 2 is 1.97 bits per heavy atom. The molecule has 0 bridgehead atoms. The molecule has 4 rings (SSSR count). The smallest absolute Gasteiger partial charge is 0.231 e. The van der Waals surface area contributed by atoms with Gasteiger partial charge in [-0.1, -0.05) is 26.2 Å². The monoisotopic (exact) mass is 478 g/mol. The second-order valence-electron chi connectivity index (χ2n) is 9.54. The molecule has 4 atom stereocenters. The summed E-state index contributed by atoms with van der Waals surface area (Å²) in [6, 6.07) is -2.96. The van der Waals surface area contributed by atoms with Crippen LogP contribution in [0.15, 0.2) is 9.98 Å². The number of nitrogens with one attached hydrogen (secondary N) is 2. The molecule has 13 heteroatoms. The van der Waals surface area contributed by atoms with Crippen molar-refractivity contribution in [1.82, 2.24) is 20.4 Å². The Balaban J connectivity index is 1.62. The van der Waals surface area contributed by atoms with Gasteiger partial charge >= 0.3 is 0 Å². The summed E-state index contributed by atoms with van der Waals surface area (Å²) in [4.78, 5) is 48.1. The summed E-state index contributed by atoms with van der Waals surface area (Å²) >= 11 is 0. The summed E-state index contributed by atoms with van der Waals surface area (Å²) in [6.07, 6.45) is 5.68. The standard InChI is InChI=1S/C21H34N8O5/c1-2-6-15(31)28(11-30)9-13-16-20(27-18(22)26-16)21(33,34)14(10-29(20)19(23)24-13)25-17(32)12-7-4-3-5-8-12/h11-14,16,33-34H,2-10H2,1H3,(H2,23,24)(H,25,32)(H3,22,26,27)/t13?,14?,16-,20?/m0/s1. The van der Waals surface area contributed by atoms with E-state index < -0.39 is 29.6 Å². The van der Waals surface area contributed by atoms with Crippen molar-refractivity contribution in [3.8, 4) is 0 Å². The minimum absolute atomic E-state index is 0.0330. The first-order valence-corrected chi connectivity index (χ1v) is 11.9. The maximum Gasteiger partial charge on any atom is 0.231 e. The summed E-state index contributed by atoms with van der Waals surface area (Å²) in [7, 11) is 0. The molecule has 0 aromatic carbocycles. The zero-order chi connectivity index (χ0) is 24.7. The molecule has 0 aromatic rings. The van der Waals surface area contributed by atoms with Crippen molar-refractivity contribution in [2.45, 2.75) is 81.4 Å². The number of rotatable bonds is 7. The van der Waals surface area contributed by atoms with Gasteiger partial charge in [0, 0.05) is 18.9 Å². The lowest BCUT2D eigenvalue weighted by Gasteiger charge is -2.49. The second-order valence-corrected chi connectivity index (χ2v) is 9.54. The van der Waals surface area contributed by atoms with E-state index in [1.54, 1.807) is 0 Å². The number of carbonyl (C=O) groups excluding carboxylic acids is 3. The molecule has 0 aromatic heterocycles. The third-order valence-electron chi connectivity index (χ3n) is 7.39. The maximum atomic E-state index is 12.9. The molecule has 13 nitrogen and oxygen atoms in total. The highest BCUT2D eigenvalue weighted by Gasteiger charge is 2.73. The number of aliphatic hydroxyl groups is 2. The topological polar surface area (TPSA) is 199 Å². The summed E-state index contributed by atoms with van der Waals surface area (Å²) in [6.45, 7) is 1.63. The molecule has 188 valence electrons. The van der Waals surface area contributed by atoms with Crippen LogP contribution in [0.4, 0.5) is 0 Å². The van der Waals surface area contributed by atoms with Crippen LogP contribution < -0.4 is 22.1 Å². The van der Waals surface area contributed by atoms with Crippen molar-refractivity contribution < 1.29 is 24.6 Å². The van der Waals surface area contributed by atoms with Crippen molar-refractivity contribution >= 4 is 30.1 Å². The first-order chi connectivity index (χ1) is 16.2. The molecular formula is C21H34N8O5. The number of nitrogens with zero attached hydrogens (tertiary/aromatic N) is 4. The zero-order valence-corrected chi connectivity index (χ0v) is 19.3. The minimum atomic E-state index is -2.54. The van der Waals surface area contributed by atoms with Crippen molar-refractivity contribution in [1.29, 1.82) is 0 Å². The molecule has 3 unspecified atom stereocenters. The van der Waals surface area contributed by atoms with Gasteiger partial charge in [0.05, 0.1) is 12.6 Å². The second kappa shape index (κ2) is 9.02. The number of amides is 3. The van der Waals surface area contributed by atoms with Gasteiger partial charge in [0.25, 0.3) is 0 Å². The Kier molecular flexibility index (Phi) is 6.42. The fraction of sp³-hybridized carbons (Fsp3) is 0.762. The van der Waals surface area contributed by atoms with E-state index in [9.17, 15) is 24.6 Å². The van der Waals surface area contributed by atoms with Gasteiger partial charge in [0.2, 0.25) is 24.0 Å². The fourth-order valence-electron chi connectivity index (χ4n) is 5.65. The average Bonchev–Trinajstić information content (AvgIpc) is 3.27. The summed E-state index contributed by atoms with van der Waals surface area (Å²) < 4.78 is 0. The highest BCUT2D eigenvalue weighted by molar-refractivity contribution is 5.89. The number of hydrogen-bond donors (Lipinski definition) is 6. The van der Waals surface area contributed by atoms with Gasteiger partial charge in [-0.2, -0.15) is 0 Å². The summed E-state index contributed by atoms with van der Waals surface area (Å²) in [5, 5.41) is 28.5. The van der Waals surface area contributed by atoms with Crippen molar-refractivity contribution in [2.75, 3.05) is 13.1 Å². The third-order valence-corrected chi connectivity index (χ3v) is 7.39. The van der Waals surface area contributed by atoms with Crippen molar-refractivity contribution in [2.24, 2.45) is 27.4 Å². The lowest BCUT2D eigenvalue weighted by atomic mass is 9.84. The van der Waals surface area contributed by atoms with Crippen LogP contribution in [0.1, 0.15) is 51.9 Å². The van der Waals surface area contributed by atoms with Crippen LogP contribution in [0.2, 0.25) is 0 Å². The Bertz CT molecular complexity index is 902. The van der Waals surface area contributed by atoms with E-state index >= 15 is 0 Å². The number of imide groups is 1. The SMILES string of the molecule is CCCC(=O)N(C=O)CC1N=C(N)N2CC(NC(=O)C3CCCCC3)C(O)(O)C23NC(N)=N[C@@H]13. The summed E-state index contributed by atoms with van der Waals surface area (Å²) in [5.74, 6) is -3.43. The Morgan fingerprint density at radius 1 is 1.26 bits per heavy atom. The van der Waals surface area contributed by atoms with E-state index in [4.69, 9.17) is 11.5 Å². The largest absolute Gasteiger partial charge is 0.370 e. The number of aliphatic imine (C=N–C) groups is 2. The van der Waals surface area contributed by atoms with Gasteiger partial charge < -0.3 is 37.2 Å². The number of nitrogens with two attached hydrogens (primary N) is 2. The predicted molar refractivity (Wildman–Crippen MR) is 122 cm³/mol. The Labute approximate surface area is 197 Å².